The molecule has 140 valence electrons. The minimum atomic E-state index is -0.301. The van der Waals surface area contributed by atoms with Crippen molar-refractivity contribution in [2.24, 2.45) is 0 Å². The number of aromatic amines is 1. The third-order valence-corrected chi connectivity index (χ3v) is 4.78. The Balaban J connectivity index is 1.43. The molecule has 1 fully saturated rings. The topological polar surface area (TPSA) is 88.7 Å². The van der Waals surface area contributed by atoms with Crippen LogP contribution in [0.2, 0.25) is 0 Å². The van der Waals surface area contributed by atoms with Crippen LogP contribution in [-0.4, -0.2) is 25.9 Å². The fourth-order valence-electron chi connectivity index (χ4n) is 3.16. The van der Waals surface area contributed by atoms with Crippen LogP contribution < -0.4 is 5.32 Å². The summed E-state index contributed by atoms with van der Waals surface area (Å²) in [5, 5.41) is 14.6. The van der Waals surface area contributed by atoms with Crippen molar-refractivity contribution in [3.8, 4) is 17.1 Å². The van der Waals surface area contributed by atoms with Crippen molar-refractivity contribution >= 4 is 11.7 Å². The molecule has 1 aliphatic carbocycles. The van der Waals surface area contributed by atoms with Gasteiger partial charge in [-0.15, -0.1) is 0 Å². The molecule has 0 radical (unpaired) electrons. The first kappa shape index (κ1) is 16.6. The second kappa shape index (κ2) is 6.53. The maximum Gasteiger partial charge on any atom is 0.277 e. The van der Waals surface area contributed by atoms with Crippen molar-refractivity contribution < 1.29 is 9.21 Å². The lowest BCUT2D eigenvalue weighted by molar-refractivity contribution is 0.102. The smallest absolute Gasteiger partial charge is 0.277 e. The fourth-order valence-corrected chi connectivity index (χ4v) is 3.16. The summed E-state index contributed by atoms with van der Waals surface area (Å²) >= 11 is 0. The second-order valence-corrected chi connectivity index (χ2v) is 7.01. The Morgan fingerprint density at radius 2 is 2.00 bits per heavy atom. The molecule has 3 aromatic heterocycles. The summed E-state index contributed by atoms with van der Waals surface area (Å²) in [4.78, 5) is 12.8. The Morgan fingerprint density at radius 3 is 2.71 bits per heavy atom. The van der Waals surface area contributed by atoms with Gasteiger partial charge in [-0.1, -0.05) is 18.2 Å². The van der Waals surface area contributed by atoms with E-state index in [2.05, 4.69) is 15.5 Å². The normalized spacial score (nSPS) is 13.6. The quantitative estimate of drug-likeness (QED) is 0.546. The molecule has 1 aromatic carbocycles. The Morgan fingerprint density at radius 1 is 1.18 bits per heavy atom. The summed E-state index contributed by atoms with van der Waals surface area (Å²) < 4.78 is 7.35. The summed E-state index contributed by atoms with van der Waals surface area (Å²) in [6.45, 7) is 1.87. The van der Waals surface area contributed by atoms with E-state index in [4.69, 9.17) is 9.52 Å². The number of rotatable bonds is 5. The average molecular weight is 373 g/mol. The van der Waals surface area contributed by atoms with Gasteiger partial charge in [0.25, 0.3) is 5.91 Å². The van der Waals surface area contributed by atoms with Crippen molar-refractivity contribution in [2.45, 2.75) is 25.7 Å². The van der Waals surface area contributed by atoms with Crippen LogP contribution in [0.3, 0.4) is 0 Å². The van der Waals surface area contributed by atoms with Crippen molar-refractivity contribution in [3.63, 3.8) is 0 Å². The van der Waals surface area contributed by atoms with Crippen LogP contribution in [0.15, 0.2) is 59.0 Å². The van der Waals surface area contributed by atoms with Crippen LogP contribution in [0.5, 0.6) is 0 Å². The van der Waals surface area contributed by atoms with Crippen LogP contribution in [0, 0.1) is 6.92 Å². The standard InChI is InChI=1S/C21H19N5O2/c1-13-7-10-19(28-13)17-11-18(24-23-17)21(27)22-20-12-16(14-8-9-14)25-26(20)15-5-3-2-4-6-15/h2-7,10-12,14H,8-9H2,1H3,(H,22,27)(H,23,24). The van der Waals surface area contributed by atoms with E-state index in [9.17, 15) is 4.79 Å². The van der Waals surface area contributed by atoms with E-state index < -0.39 is 0 Å². The molecule has 0 aliphatic heterocycles. The zero-order chi connectivity index (χ0) is 19.1. The molecule has 0 spiro atoms. The number of hydrogen-bond donors (Lipinski definition) is 2. The molecular formula is C21H19N5O2. The number of aryl methyl sites for hydroxylation is 1. The number of furan rings is 1. The average Bonchev–Trinajstić information content (AvgIpc) is 3.10. The molecule has 5 rings (SSSR count). The number of benzene rings is 1. The van der Waals surface area contributed by atoms with Gasteiger partial charge in [-0.05, 0) is 44.0 Å². The molecule has 0 saturated heterocycles. The monoisotopic (exact) mass is 373 g/mol. The highest BCUT2D eigenvalue weighted by molar-refractivity contribution is 6.03. The predicted octanol–water partition coefficient (Wildman–Crippen LogP) is 4.29. The summed E-state index contributed by atoms with van der Waals surface area (Å²) in [6.07, 6.45) is 2.29. The van der Waals surface area contributed by atoms with Crippen LogP contribution >= 0.6 is 0 Å². The third-order valence-electron chi connectivity index (χ3n) is 4.78. The number of aromatic nitrogens is 4. The fraction of sp³-hybridized carbons (Fsp3) is 0.190. The van der Waals surface area contributed by atoms with E-state index in [1.807, 2.05) is 55.5 Å². The molecule has 1 aliphatic rings. The molecule has 4 aromatic rings. The number of anilines is 1. The van der Waals surface area contributed by atoms with Crippen LogP contribution in [0.1, 0.15) is 40.7 Å². The van der Waals surface area contributed by atoms with Crippen LogP contribution in [0.4, 0.5) is 5.82 Å². The Bertz CT molecular complexity index is 1130. The molecule has 0 unspecified atom stereocenters. The molecule has 2 N–H and O–H groups in total. The lowest BCUT2D eigenvalue weighted by Crippen LogP contribution is -2.15. The molecule has 1 saturated carbocycles. The summed E-state index contributed by atoms with van der Waals surface area (Å²) in [5.74, 6) is 2.27. The number of para-hydroxylation sites is 1. The van der Waals surface area contributed by atoms with E-state index in [1.54, 1.807) is 10.7 Å². The van der Waals surface area contributed by atoms with Gasteiger partial charge in [0.15, 0.2) is 11.5 Å². The number of carbonyl (C=O) groups excluding carboxylic acids is 1. The lowest BCUT2D eigenvalue weighted by atomic mass is 10.3. The highest BCUT2D eigenvalue weighted by atomic mass is 16.3. The third kappa shape index (κ3) is 3.11. The van der Waals surface area contributed by atoms with Gasteiger partial charge in [-0.25, -0.2) is 4.68 Å². The van der Waals surface area contributed by atoms with E-state index in [1.165, 1.54) is 0 Å². The van der Waals surface area contributed by atoms with Crippen molar-refractivity contribution in [1.29, 1.82) is 0 Å². The SMILES string of the molecule is Cc1ccc(-c2cc(C(=O)Nc3cc(C4CC4)nn3-c3ccccc3)n[nH]2)o1. The minimum Gasteiger partial charge on any atom is -0.460 e. The zero-order valence-corrected chi connectivity index (χ0v) is 15.3. The largest absolute Gasteiger partial charge is 0.460 e. The molecule has 7 heteroatoms. The molecule has 0 atom stereocenters. The Hall–Kier alpha value is -3.61. The van der Waals surface area contributed by atoms with Crippen LogP contribution in [0.25, 0.3) is 17.1 Å². The van der Waals surface area contributed by atoms with Gasteiger partial charge in [-0.3, -0.25) is 9.89 Å². The summed E-state index contributed by atoms with van der Waals surface area (Å²) in [5.41, 5.74) is 2.86. The predicted molar refractivity (Wildman–Crippen MR) is 105 cm³/mol. The highest BCUT2D eigenvalue weighted by Crippen LogP contribution is 2.40. The first-order valence-electron chi connectivity index (χ1n) is 9.26. The number of hydrogen-bond acceptors (Lipinski definition) is 4. The zero-order valence-electron chi connectivity index (χ0n) is 15.3. The van der Waals surface area contributed by atoms with Gasteiger partial charge in [0.05, 0.1) is 11.4 Å². The Labute approximate surface area is 161 Å². The van der Waals surface area contributed by atoms with Crippen molar-refractivity contribution in [2.75, 3.05) is 5.32 Å². The van der Waals surface area contributed by atoms with Gasteiger partial charge in [-0.2, -0.15) is 10.2 Å². The lowest BCUT2D eigenvalue weighted by Gasteiger charge is -2.07. The van der Waals surface area contributed by atoms with E-state index >= 15 is 0 Å². The van der Waals surface area contributed by atoms with Gasteiger partial charge in [0, 0.05) is 18.1 Å². The number of nitrogens with one attached hydrogen (secondary N) is 2. The molecular weight excluding hydrogens is 354 g/mol. The number of carbonyl (C=O) groups is 1. The molecule has 7 nitrogen and oxygen atoms in total. The van der Waals surface area contributed by atoms with E-state index in [-0.39, 0.29) is 11.6 Å². The van der Waals surface area contributed by atoms with Gasteiger partial charge in [0.2, 0.25) is 0 Å². The maximum atomic E-state index is 12.8. The van der Waals surface area contributed by atoms with Gasteiger partial charge < -0.3 is 9.73 Å². The van der Waals surface area contributed by atoms with E-state index in [0.717, 1.165) is 30.0 Å². The van der Waals surface area contributed by atoms with E-state index in [0.29, 0.717) is 23.2 Å². The Kier molecular flexibility index (Phi) is 3.86. The van der Waals surface area contributed by atoms with Gasteiger partial charge in [0.1, 0.15) is 17.3 Å². The van der Waals surface area contributed by atoms with Crippen LogP contribution in [-0.2, 0) is 0 Å². The minimum absolute atomic E-state index is 0.290. The molecule has 3 heterocycles. The van der Waals surface area contributed by atoms with Crippen molar-refractivity contribution in [3.05, 3.63) is 71.7 Å². The summed E-state index contributed by atoms with van der Waals surface area (Å²) in [6, 6.07) is 17.1. The first-order chi connectivity index (χ1) is 13.7. The number of amides is 1. The first-order valence-corrected chi connectivity index (χ1v) is 9.26. The molecule has 28 heavy (non-hydrogen) atoms. The van der Waals surface area contributed by atoms with Gasteiger partial charge >= 0.3 is 0 Å². The van der Waals surface area contributed by atoms with Crippen molar-refractivity contribution in [1.82, 2.24) is 20.0 Å². The summed E-state index contributed by atoms with van der Waals surface area (Å²) in [7, 11) is 0. The number of nitrogens with zero attached hydrogens (tertiary/aromatic N) is 3. The molecule has 0 bridgehead atoms. The second-order valence-electron chi connectivity index (χ2n) is 7.01. The maximum absolute atomic E-state index is 12.8. The highest BCUT2D eigenvalue weighted by Gasteiger charge is 2.28. The molecule has 1 amide bonds. The number of H-pyrrole nitrogens is 1.